The summed E-state index contributed by atoms with van der Waals surface area (Å²) in [5.41, 5.74) is 5.70. The average Bonchev–Trinajstić information content (AvgIpc) is 2.56. The largest absolute Gasteiger partial charge is 0.383 e. The number of hydrogen-bond donors (Lipinski definition) is 1. The maximum absolute atomic E-state index is 11.6. The van der Waals surface area contributed by atoms with Crippen LogP contribution < -0.4 is 5.73 Å². The molecule has 3 atom stereocenters. The van der Waals surface area contributed by atoms with E-state index in [1.807, 2.05) is 0 Å². The van der Waals surface area contributed by atoms with Gasteiger partial charge in [0.2, 0.25) is 0 Å². The Kier molecular flexibility index (Phi) is 5.62. The van der Waals surface area contributed by atoms with Gasteiger partial charge in [0.15, 0.2) is 0 Å². The number of hydrogen-bond acceptors (Lipinski definition) is 4. The quantitative estimate of drug-likeness (QED) is 0.679. The number of rotatable bonds is 6. The molecule has 1 fully saturated rings. The summed E-state index contributed by atoms with van der Waals surface area (Å²) in [7, 11) is 0.729. The van der Waals surface area contributed by atoms with E-state index in [9.17, 15) is 4.21 Å². The molecule has 3 unspecified atom stereocenters. The van der Waals surface area contributed by atoms with Gasteiger partial charge < -0.3 is 15.2 Å². The van der Waals surface area contributed by atoms with Crippen molar-refractivity contribution in [2.45, 2.75) is 25.0 Å². The summed E-state index contributed by atoms with van der Waals surface area (Å²) in [4.78, 5) is 0. The highest BCUT2D eigenvalue weighted by molar-refractivity contribution is 7.85. The lowest BCUT2D eigenvalue weighted by Crippen LogP contribution is -2.33. The summed E-state index contributed by atoms with van der Waals surface area (Å²) >= 11 is 0. The Morgan fingerprint density at radius 3 is 3.07 bits per heavy atom. The molecule has 0 radical (unpaired) electrons. The van der Waals surface area contributed by atoms with Gasteiger partial charge in [0.25, 0.3) is 0 Å². The number of methoxy groups -OCH3 is 1. The Morgan fingerprint density at radius 1 is 1.71 bits per heavy atom. The molecule has 5 heteroatoms. The van der Waals surface area contributed by atoms with Crippen LogP contribution in [0.3, 0.4) is 0 Å². The van der Waals surface area contributed by atoms with E-state index in [1.165, 1.54) is 0 Å². The second-order valence-electron chi connectivity index (χ2n) is 3.62. The Morgan fingerprint density at radius 2 is 2.50 bits per heavy atom. The molecule has 0 spiro atoms. The molecule has 0 amide bonds. The van der Waals surface area contributed by atoms with Crippen molar-refractivity contribution in [3.05, 3.63) is 0 Å². The Balaban J connectivity index is 2.14. The van der Waals surface area contributed by atoms with E-state index in [0.29, 0.717) is 18.1 Å². The molecule has 1 saturated heterocycles. The van der Waals surface area contributed by atoms with Gasteiger partial charge in [-0.05, 0) is 12.8 Å². The van der Waals surface area contributed by atoms with Crippen molar-refractivity contribution in [1.82, 2.24) is 0 Å². The summed E-state index contributed by atoms with van der Waals surface area (Å²) in [6, 6.07) is -0.123. The molecule has 4 nitrogen and oxygen atoms in total. The molecule has 0 saturated carbocycles. The third-order valence-electron chi connectivity index (χ3n) is 2.18. The predicted octanol–water partition coefficient (Wildman–Crippen LogP) is -0.112. The van der Waals surface area contributed by atoms with Gasteiger partial charge in [0.05, 0.1) is 12.7 Å². The fraction of sp³-hybridized carbons (Fsp3) is 1.00. The maximum Gasteiger partial charge on any atom is 0.0691 e. The van der Waals surface area contributed by atoms with Crippen LogP contribution in [0.5, 0.6) is 0 Å². The zero-order chi connectivity index (χ0) is 10.4. The van der Waals surface area contributed by atoms with E-state index in [2.05, 4.69) is 0 Å². The van der Waals surface area contributed by atoms with Crippen molar-refractivity contribution in [1.29, 1.82) is 0 Å². The minimum atomic E-state index is -0.871. The molecule has 0 aromatic rings. The first-order valence-corrected chi connectivity index (χ1v) is 6.42. The van der Waals surface area contributed by atoms with E-state index < -0.39 is 10.8 Å². The number of ether oxygens (including phenoxy) is 2. The fourth-order valence-corrected chi connectivity index (χ4v) is 2.94. The minimum absolute atomic E-state index is 0.123. The van der Waals surface area contributed by atoms with Crippen LogP contribution in [0, 0.1) is 0 Å². The first-order valence-electron chi connectivity index (χ1n) is 4.93. The summed E-state index contributed by atoms with van der Waals surface area (Å²) < 4.78 is 21.9. The standard InChI is InChI=1S/C9H19NO3S/c1-12-5-8(10)6-14(11)7-9-3-2-4-13-9/h8-9H,2-7,10H2,1H3. The summed E-state index contributed by atoms with van der Waals surface area (Å²) in [5, 5.41) is 0. The monoisotopic (exact) mass is 221 g/mol. The van der Waals surface area contributed by atoms with Gasteiger partial charge >= 0.3 is 0 Å². The van der Waals surface area contributed by atoms with Gasteiger partial charge in [0, 0.05) is 42.1 Å². The van der Waals surface area contributed by atoms with Crippen molar-refractivity contribution < 1.29 is 13.7 Å². The van der Waals surface area contributed by atoms with Gasteiger partial charge in [-0.25, -0.2) is 0 Å². The Hall–Kier alpha value is 0.0300. The molecule has 2 N–H and O–H groups in total. The molecule has 14 heavy (non-hydrogen) atoms. The highest BCUT2D eigenvalue weighted by Crippen LogP contribution is 2.12. The highest BCUT2D eigenvalue weighted by Gasteiger charge is 2.19. The average molecular weight is 221 g/mol. The molecular weight excluding hydrogens is 202 g/mol. The van der Waals surface area contributed by atoms with Gasteiger partial charge in [-0.3, -0.25) is 4.21 Å². The fourth-order valence-electron chi connectivity index (χ4n) is 1.55. The maximum atomic E-state index is 11.6. The van der Waals surface area contributed by atoms with Crippen LogP contribution in [0.1, 0.15) is 12.8 Å². The lowest BCUT2D eigenvalue weighted by molar-refractivity contribution is 0.128. The van der Waals surface area contributed by atoms with Crippen LogP contribution >= 0.6 is 0 Å². The Bertz CT molecular complexity index is 183. The molecule has 0 aromatic heterocycles. The zero-order valence-electron chi connectivity index (χ0n) is 8.61. The lowest BCUT2D eigenvalue weighted by Gasteiger charge is -2.12. The SMILES string of the molecule is COCC(N)CS(=O)CC1CCCO1. The molecule has 0 aliphatic carbocycles. The highest BCUT2D eigenvalue weighted by atomic mass is 32.2. The summed E-state index contributed by atoms with van der Waals surface area (Å²) in [5.74, 6) is 1.13. The Labute approximate surface area is 87.6 Å². The van der Waals surface area contributed by atoms with Gasteiger partial charge in [-0.2, -0.15) is 0 Å². The smallest absolute Gasteiger partial charge is 0.0691 e. The van der Waals surface area contributed by atoms with Crippen molar-refractivity contribution in [3.8, 4) is 0 Å². The van der Waals surface area contributed by atoms with Crippen LogP contribution in [-0.4, -0.2) is 48.2 Å². The van der Waals surface area contributed by atoms with Crippen LogP contribution in [0.4, 0.5) is 0 Å². The predicted molar refractivity (Wildman–Crippen MR) is 56.7 cm³/mol. The van der Waals surface area contributed by atoms with Crippen LogP contribution in [0.25, 0.3) is 0 Å². The van der Waals surface area contributed by atoms with Gasteiger partial charge in [-0.15, -0.1) is 0 Å². The molecule has 0 aromatic carbocycles. The van der Waals surface area contributed by atoms with E-state index in [-0.39, 0.29) is 12.1 Å². The van der Waals surface area contributed by atoms with Gasteiger partial charge in [0.1, 0.15) is 0 Å². The first-order chi connectivity index (χ1) is 6.72. The molecule has 0 bridgehead atoms. The zero-order valence-corrected chi connectivity index (χ0v) is 9.42. The molecule has 84 valence electrons. The molecule has 1 aliphatic heterocycles. The lowest BCUT2D eigenvalue weighted by atomic mass is 10.3. The van der Waals surface area contributed by atoms with E-state index in [0.717, 1.165) is 19.4 Å². The molecule has 1 rings (SSSR count). The van der Waals surface area contributed by atoms with Crippen molar-refractivity contribution >= 4 is 10.8 Å². The molecular formula is C9H19NO3S. The molecule has 1 aliphatic rings. The number of nitrogens with two attached hydrogens (primary N) is 1. The molecule has 1 heterocycles. The summed E-state index contributed by atoms with van der Waals surface area (Å²) in [6.07, 6.45) is 2.31. The third-order valence-corrected chi connectivity index (χ3v) is 3.72. The second kappa shape index (κ2) is 6.50. The van der Waals surface area contributed by atoms with Crippen molar-refractivity contribution in [2.24, 2.45) is 5.73 Å². The van der Waals surface area contributed by atoms with Crippen molar-refractivity contribution in [3.63, 3.8) is 0 Å². The van der Waals surface area contributed by atoms with Gasteiger partial charge in [-0.1, -0.05) is 0 Å². The van der Waals surface area contributed by atoms with E-state index >= 15 is 0 Å². The topological polar surface area (TPSA) is 61.5 Å². The normalized spacial score (nSPS) is 26.3. The van der Waals surface area contributed by atoms with Crippen molar-refractivity contribution in [2.75, 3.05) is 31.8 Å². The van der Waals surface area contributed by atoms with E-state index in [4.69, 9.17) is 15.2 Å². The van der Waals surface area contributed by atoms with Crippen LogP contribution in [0.2, 0.25) is 0 Å². The first kappa shape index (κ1) is 12.1. The minimum Gasteiger partial charge on any atom is -0.383 e. The van der Waals surface area contributed by atoms with E-state index in [1.54, 1.807) is 7.11 Å². The summed E-state index contributed by atoms with van der Waals surface area (Å²) in [6.45, 7) is 1.28. The third kappa shape index (κ3) is 4.50. The van der Waals surface area contributed by atoms with Crippen LogP contribution in [-0.2, 0) is 20.3 Å². The van der Waals surface area contributed by atoms with Crippen LogP contribution in [0.15, 0.2) is 0 Å². The second-order valence-corrected chi connectivity index (χ2v) is 5.17.